The number of amidine groups is 1. The zero-order chi connectivity index (χ0) is 24.5. The van der Waals surface area contributed by atoms with Crippen LogP contribution in [0.1, 0.15) is 19.4 Å². The van der Waals surface area contributed by atoms with E-state index < -0.39 is 0 Å². The lowest BCUT2D eigenvalue weighted by molar-refractivity contribution is -0.113. The number of benzene rings is 2. The second-order valence-corrected chi connectivity index (χ2v) is 9.95. The molecule has 9 heteroatoms. The summed E-state index contributed by atoms with van der Waals surface area (Å²) >= 11 is 7.80. The van der Waals surface area contributed by atoms with Gasteiger partial charge in [0.25, 0.3) is 5.91 Å². The van der Waals surface area contributed by atoms with Gasteiger partial charge in [-0.2, -0.15) is 10.1 Å². The third-order valence-corrected chi connectivity index (χ3v) is 7.11. The molecule has 0 radical (unpaired) electrons. The van der Waals surface area contributed by atoms with E-state index in [0.717, 1.165) is 16.8 Å². The molecule has 1 fully saturated rings. The van der Waals surface area contributed by atoms with Crippen molar-refractivity contribution in [2.24, 2.45) is 4.99 Å². The van der Waals surface area contributed by atoms with Crippen LogP contribution in [-0.2, 0) is 9.53 Å². The van der Waals surface area contributed by atoms with Crippen LogP contribution >= 0.6 is 23.4 Å². The van der Waals surface area contributed by atoms with Gasteiger partial charge in [-0.3, -0.25) is 4.79 Å². The lowest BCUT2D eigenvalue weighted by Crippen LogP contribution is -2.47. The van der Waals surface area contributed by atoms with Crippen molar-refractivity contribution in [1.82, 2.24) is 14.7 Å². The molecule has 2 aliphatic heterocycles. The zero-order valence-corrected chi connectivity index (χ0v) is 21.2. The Bertz CT molecular complexity index is 1310. The minimum Gasteiger partial charge on any atom is -0.495 e. The largest absolute Gasteiger partial charge is 0.495 e. The molecule has 0 N–H and O–H groups in total. The van der Waals surface area contributed by atoms with Crippen molar-refractivity contribution in [3.05, 3.63) is 70.2 Å². The average molecular weight is 509 g/mol. The van der Waals surface area contributed by atoms with E-state index in [-0.39, 0.29) is 18.1 Å². The maximum absolute atomic E-state index is 12.9. The number of carbonyl (C=O) groups is 1. The number of thioether (sulfide) groups is 1. The normalized spacial score (nSPS) is 21.5. The van der Waals surface area contributed by atoms with Gasteiger partial charge in [-0.1, -0.05) is 29.8 Å². The summed E-state index contributed by atoms with van der Waals surface area (Å²) in [6, 6.07) is 15.4. The Morgan fingerprint density at radius 2 is 1.89 bits per heavy atom. The first kappa shape index (κ1) is 23.7. The number of carbonyl (C=O) groups excluding carboxylic acids is 1. The summed E-state index contributed by atoms with van der Waals surface area (Å²) in [7, 11) is 1.58. The number of aliphatic imine (C=N–C) groups is 1. The van der Waals surface area contributed by atoms with E-state index in [2.05, 4.69) is 9.89 Å². The van der Waals surface area contributed by atoms with Gasteiger partial charge >= 0.3 is 0 Å². The molecule has 1 saturated heterocycles. The van der Waals surface area contributed by atoms with Gasteiger partial charge in [-0.15, -0.1) is 0 Å². The number of rotatable bonds is 4. The molecule has 3 heterocycles. The molecule has 2 aliphatic rings. The summed E-state index contributed by atoms with van der Waals surface area (Å²) in [4.78, 5) is 19.9. The molecule has 180 valence electrons. The minimum atomic E-state index is -0.247. The number of nitrogens with zero attached hydrogens (tertiary/aromatic N) is 4. The van der Waals surface area contributed by atoms with Crippen LogP contribution in [0.5, 0.6) is 5.75 Å². The standard InChI is InChI=1S/C26H25ClN4O3S/c1-16-13-30(14-17(2)34-16)26-28-25(32)23(35-26)12-19-15-31(20-7-5-4-6-8-20)29-24(19)18-9-10-22(33-3)21(27)11-18/h4-12,15-17H,13-14H2,1-3H3/b23-12-/t16-,17-/m0/s1. The SMILES string of the molecule is COc1ccc(-c2nn(-c3ccccc3)cc2/C=C2\SC(N3C[C@H](C)O[C@@H](C)C3)=NC2=O)cc1Cl. The van der Waals surface area contributed by atoms with Crippen molar-refractivity contribution in [1.29, 1.82) is 0 Å². The van der Waals surface area contributed by atoms with Crippen molar-refractivity contribution in [3.8, 4) is 22.7 Å². The van der Waals surface area contributed by atoms with Crippen molar-refractivity contribution < 1.29 is 14.3 Å². The first-order valence-electron chi connectivity index (χ1n) is 11.3. The maximum atomic E-state index is 12.9. The lowest BCUT2D eigenvalue weighted by Gasteiger charge is -2.35. The summed E-state index contributed by atoms with van der Waals surface area (Å²) in [5, 5.41) is 6.04. The van der Waals surface area contributed by atoms with Crippen LogP contribution in [0.15, 0.2) is 64.6 Å². The molecular formula is C26H25ClN4O3S. The Morgan fingerprint density at radius 3 is 2.57 bits per heavy atom. The second kappa shape index (κ2) is 9.89. The van der Waals surface area contributed by atoms with Gasteiger partial charge in [0.15, 0.2) is 5.17 Å². The number of aromatic nitrogens is 2. The van der Waals surface area contributed by atoms with Gasteiger partial charge in [-0.05, 0) is 62.0 Å². The molecule has 5 rings (SSSR count). The number of hydrogen-bond donors (Lipinski definition) is 0. The van der Waals surface area contributed by atoms with Crippen LogP contribution in [0, 0.1) is 0 Å². The van der Waals surface area contributed by atoms with Crippen LogP contribution in [0.2, 0.25) is 5.02 Å². The van der Waals surface area contributed by atoms with Crippen molar-refractivity contribution in [2.45, 2.75) is 26.1 Å². The van der Waals surface area contributed by atoms with E-state index in [1.807, 2.05) is 74.7 Å². The third kappa shape index (κ3) is 5.00. The Morgan fingerprint density at radius 1 is 1.14 bits per heavy atom. The lowest BCUT2D eigenvalue weighted by atomic mass is 10.1. The van der Waals surface area contributed by atoms with E-state index in [9.17, 15) is 4.79 Å². The van der Waals surface area contributed by atoms with Gasteiger partial charge in [-0.25, -0.2) is 4.68 Å². The number of halogens is 1. The fraction of sp³-hybridized carbons (Fsp3) is 0.269. The number of methoxy groups -OCH3 is 1. The number of amides is 1. The maximum Gasteiger partial charge on any atom is 0.286 e. The molecular weight excluding hydrogens is 484 g/mol. The summed E-state index contributed by atoms with van der Waals surface area (Å²) in [5.74, 6) is 0.342. The van der Waals surface area contributed by atoms with E-state index >= 15 is 0 Å². The quantitative estimate of drug-likeness (QED) is 0.446. The van der Waals surface area contributed by atoms with Crippen LogP contribution in [0.3, 0.4) is 0 Å². The van der Waals surface area contributed by atoms with Crippen LogP contribution in [0.4, 0.5) is 0 Å². The first-order valence-corrected chi connectivity index (χ1v) is 12.5. The molecule has 7 nitrogen and oxygen atoms in total. The second-order valence-electron chi connectivity index (χ2n) is 8.53. The molecule has 0 aliphatic carbocycles. The highest BCUT2D eigenvalue weighted by Gasteiger charge is 2.31. The topological polar surface area (TPSA) is 68.9 Å². The molecule has 0 unspecified atom stereocenters. The molecule has 2 atom stereocenters. The van der Waals surface area contributed by atoms with Crippen LogP contribution < -0.4 is 4.74 Å². The monoisotopic (exact) mass is 508 g/mol. The van der Waals surface area contributed by atoms with E-state index in [0.29, 0.717) is 39.6 Å². The Kier molecular flexibility index (Phi) is 6.69. The molecule has 0 bridgehead atoms. The summed E-state index contributed by atoms with van der Waals surface area (Å²) in [5.41, 5.74) is 3.24. The number of morpholine rings is 1. The molecule has 0 spiro atoms. The molecule has 1 amide bonds. The highest BCUT2D eigenvalue weighted by molar-refractivity contribution is 8.18. The molecule has 2 aromatic carbocycles. The Balaban J connectivity index is 1.51. The van der Waals surface area contributed by atoms with Crippen LogP contribution in [0.25, 0.3) is 23.0 Å². The number of ether oxygens (including phenoxy) is 2. The highest BCUT2D eigenvalue weighted by atomic mass is 35.5. The Hall–Kier alpha value is -3.07. The smallest absolute Gasteiger partial charge is 0.286 e. The van der Waals surface area contributed by atoms with Gasteiger partial charge < -0.3 is 14.4 Å². The summed E-state index contributed by atoms with van der Waals surface area (Å²) in [6.07, 6.45) is 3.94. The Labute approximate surface area is 213 Å². The fourth-order valence-corrected chi connectivity index (χ4v) is 5.43. The van der Waals surface area contributed by atoms with Crippen LogP contribution in [-0.4, -0.2) is 58.2 Å². The highest BCUT2D eigenvalue weighted by Crippen LogP contribution is 2.36. The summed E-state index contributed by atoms with van der Waals surface area (Å²) in [6.45, 7) is 5.48. The fourth-order valence-electron chi connectivity index (χ4n) is 4.25. The van der Waals surface area contributed by atoms with Crippen molar-refractivity contribution in [3.63, 3.8) is 0 Å². The molecule has 0 saturated carbocycles. The number of para-hydroxylation sites is 1. The van der Waals surface area contributed by atoms with Gasteiger partial charge in [0.1, 0.15) is 11.4 Å². The third-order valence-electron chi connectivity index (χ3n) is 5.77. The first-order chi connectivity index (χ1) is 16.9. The average Bonchev–Trinajstić information content (AvgIpc) is 3.43. The van der Waals surface area contributed by atoms with Gasteiger partial charge in [0.05, 0.1) is 34.9 Å². The van der Waals surface area contributed by atoms with E-state index in [1.54, 1.807) is 11.8 Å². The predicted octanol–water partition coefficient (Wildman–Crippen LogP) is 5.28. The van der Waals surface area contributed by atoms with Gasteiger partial charge in [0, 0.05) is 30.4 Å². The van der Waals surface area contributed by atoms with E-state index in [4.69, 9.17) is 26.2 Å². The molecule has 35 heavy (non-hydrogen) atoms. The summed E-state index contributed by atoms with van der Waals surface area (Å²) < 4.78 is 12.9. The predicted molar refractivity (Wildman–Crippen MR) is 140 cm³/mol. The number of hydrogen-bond acceptors (Lipinski definition) is 6. The zero-order valence-electron chi connectivity index (χ0n) is 19.6. The minimum absolute atomic E-state index is 0.0840. The van der Waals surface area contributed by atoms with E-state index in [1.165, 1.54) is 11.8 Å². The molecule has 3 aromatic rings. The van der Waals surface area contributed by atoms with Crippen molar-refractivity contribution in [2.75, 3.05) is 20.2 Å². The van der Waals surface area contributed by atoms with Gasteiger partial charge in [0.2, 0.25) is 0 Å². The van der Waals surface area contributed by atoms with Crippen molar-refractivity contribution >= 4 is 40.5 Å². The molecule has 1 aromatic heterocycles.